The second-order valence-electron chi connectivity index (χ2n) is 3.00. The number of halogens is 1. The van der Waals surface area contributed by atoms with Crippen LogP contribution in [-0.2, 0) is 14.3 Å². The van der Waals surface area contributed by atoms with Gasteiger partial charge in [-0.25, -0.2) is 4.79 Å². The summed E-state index contributed by atoms with van der Waals surface area (Å²) >= 11 is 6.03. The van der Waals surface area contributed by atoms with Gasteiger partial charge in [-0.2, -0.15) is 4.99 Å². The van der Waals surface area contributed by atoms with Crippen LogP contribution >= 0.6 is 11.6 Å². The molecular weight excluding hydrogens is 222 g/mol. The van der Waals surface area contributed by atoms with Crippen molar-refractivity contribution in [3.05, 3.63) is 11.5 Å². The van der Waals surface area contributed by atoms with E-state index in [9.17, 15) is 4.79 Å². The molecule has 1 atom stereocenters. The van der Waals surface area contributed by atoms with Crippen molar-refractivity contribution in [1.29, 1.82) is 0 Å². The molecule has 1 aliphatic rings. The van der Waals surface area contributed by atoms with Crippen molar-refractivity contribution in [2.24, 2.45) is 10.7 Å². The van der Waals surface area contributed by atoms with Gasteiger partial charge in [0.2, 0.25) is 5.90 Å². The first-order valence-electron chi connectivity index (χ1n) is 4.10. The maximum absolute atomic E-state index is 11.3. The topological polar surface area (TPSA) is 85.9 Å². The fourth-order valence-electron chi connectivity index (χ4n) is 1.12. The summed E-state index contributed by atoms with van der Waals surface area (Å²) in [5.41, 5.74) is 5.56. The van der Waals surface area contributed by atoms with E-state index in [2.05, 4.69) is 15.0 Å². The van der Waals surface area contributed by atoms with Crippen LogP contribution < -0.4 is 11.1 Å². The predicted molar refractivity (Wildman–Crippen MR) is 55.1 cm³/mol. The number of hydrogen-bond acceptors (Lipinski definition) is 6. The Balaban J connectivity index is 3.11. The molecule has 0 spiro atoms. The van der Waals surface area contributed by atoms with Crippen molar-refractivity contribution in [3.8, 4) is 0 Å². The maximum atomic E-state index is 11.3. The lowest BCUT2D eigenvalue weighted by atomic mass is 10.2. The number of nitrogens with zero attached hydrogens (tertiary/aromatic N) is 1. The Kier molecular flexibility index (Phi) is 3.09. The SMILES string of the molecule is COC(=O)C1=C(N)N=C(OC)C(C)(Cl)N1. The monoisotopic (exact) mass is 233 g/mol. The second kappa shape index (κ2) is 3.98. The van der Waals surface area contributed by atoms with Gasteiger partial charge in [-0.3, -0.25) is 0 Å². The third-order valence-corrected chi connectivity index (χ3v) is 2.08. The zero-order valence-electron chi connectivity index (χ0n) is 8.63. The molecule has 0 radical (unpaired) electrons. The lowest BCUT2D eigenvalue weighted by molar-refractivity contribution is -0.136. The minimum atomic E-state index is -1.11. The Labute approximate surface area is 92.1 Å². The van der Waals surface area contributed by atoms with Crippen LogP contribution in [0.4, 0.5) is 0 Å². The molecule has 6 nitrogen and oxygen atoms in total. The zero-order valence-corrected chi connectivity index (χ0v) is 9.38. The molecule has 0 aromatic rings. The summed E-state index contributed by atoms with van der Waals surface area (Å²) < 4.78 is 9.44. The van der Waals surface area contributed by atoms with Gasteiger partial charge in [-0.05, 0) is 6.92 Å². The summed E-state index contributed by atoms with van der Waals surface area (Å²) in [5.74, 6) is -0.454. The number of methoxy groups -OCH3 is 2. The summed E-state index contributed by atoms with van der Waals surface area (Å²) in [4.78, 5) is 14.0. The van der Waals surface area contributed by atoms with Crippen LogP contribution in [0.5, 0.6) is 0 Å². The van der Waals surface area contributed by atoms with Crippen molar-refractivity contribution in [2.75, 3.05) is 14.2 Å². The van der Waals surface area contributed by atoms with Crippen molar-refractivity contribution in [3.63, 3.8) is 0 Å². The Morgan fingerprint density at radius 3 is 2.67 bits per heavy atom. The normalized spacial score (nSPS) is 25.5. The molecule has 1 heterocycles. The first kappa shape index (κ1) is 11.6. The number of nitrogens with two attached hydrogens (primary N) is 1. The summed E-state index contributed by atoms with van der Waals surface area (Å²) in [7, 11) is 2.66. The third-order valence-electron chi connectivity index (χ3n) is 1.82. The zero-order chi connectivity index (χ0) is 11.6. The third kappa shape index (κ3) is 2.15. The van der Waals surface area contributed by atoms with Gasteiger partial charge in [0.25, 0.3) is 0 Å². The molecule has 1 aliphatic heterocycles. The molecule has 0 saturated heterocycles. The Morgan fingerprint density at radius 2 is 2.20 bits per heavy atom. The molecule has 0 amide bonds. The molecule has 7 heteroatoms. The predicted octanol–water partition coefficient (Wildman–Crippen LogP) is -0.110. The molecule has 0 aliphatic carbocycles. The highest BCUT2D eigenvalue weighted by Gasteiger charge is 2.37. The van der Waals surface area contributed by atoms with Crippen molar-refractivity contribution < 1.29 is 14.3 Å². The van der Waals surface area contributed by atoms with E-state index in [4.69, 9.17) is 22.1 Å². The van der Waals surface area contributed by atoms with Crippen molar-refractivity contribution >= 4 is 23.5 Å². The van der Waals surface area contributed by atoms with Crippen LogP contribution in [0.15, 0.2) is 16.5 Å². The average molecular weight is 234 g/mol. The van der Waals surface area contributed by atoms with Gasteiger partial charge in [0.15, 0.2) is 16.5 Å². The van der Waals surface area contributed by atoms with Crippen molar-refractivity contribution in [2.45, 2.75) is 11.9 Å². The van der Waals surface area contributed by atoms with E-state index < -0.39 is 11.0 Å². The van der Waals surface area contributed by atoms with Crippen LogP contribution in [0, 0.1) is 0 Å². The maximum Gasteiger partial charge on any atom is 0.358 e. The molecule has 3 N–H and O–H groups in total. The van der Waals surface area contributed by atoms with Crippen LogP contribution in [-0.4, -0.2) is 31.1 Å². The number of alkyl halides is 1. The highest BCUT2D eigenvalue weighted by atomic mass is 35.5. The number of carbonyl (C=O) groups excluding carboxylic acids is 1. The fourth-order valence-corrected chi connectivity index (χ4v) is 1.33. The summed E-state index contributed by atoms with van der Waals surface area (Å²) in [6, 6.07) is 0. The van der Waals surface area contributed by atoms with Gasteiger partial charge < -0.3 is 20.5 Å². The number of esters is 1. The highest BCUT2D eigenvalue weighted by Crippen LogP contribution is 2.22. The van der Waals surface area contributed by atoms with Gasteiger partial charge >= 0.3 is 5.97 Å². The van der Waals surface area contributed by atoms with E-state index >= 15 is 0 Å². The average Bonchev–Trinajstić information content (AvgIpc) is 2.19. The molecule has 0 bridgehead atoms. The van der Waals surface area contributed by atoms with E-state index in [1.165, 1.54) is 14.2 Å². The molecular formula is C8H12ClN3O3. The molecule has 1 unspecified atom stereocenters. The largest absolute Gasteiger partial charge is 0.481 e. The van der Waals surface area contributed by atoms with E-state index in [1.807, 2.05) is 0 Å². The number of carbonyl (C=O) groups is 1. The van der Waals surface area contributed by atoms with Gasteiger partial charge in [0, 0.05) is 0 Å². The number of ether oxygens (including phenoxy) is 2. The highest BCUT2D eigenvalue weighted by molar-refractivity contribution is 6.35. The first-order chi connectivity index (χ1) is 6.92. The Morgan fingerprint density at radius 1 is 1.60 bits per heavy atom. The van der Waals surface area contributed by atoms with Gasteiger partial charge in [-0.15, -0.1) is 0 Å². The smallest absolute Gasteiger partial charge is 0.358 e. The van der Waals surface area contributed by atoms with Crippen molar-refractivity contribution in [1.82, 2.24) is 5.32 Å². The number of nitrogens with one attached hydrogen (secondary N) is 1. The Hall–Kier alpha value is -1.43. The van der Waals surface area contributed by atoms with E-state index in [0.29, 0.717) is 0 Å². The summed E-state index contributed by atoms with van der Waals surface area (Å²) in [6.07, 6.45) is 0. The molecule has 15 heavy (non-hydrogen) atoms. The van der Waals surface area contributed by atoms with Crippen LogP contribution in [0.2, 0.25) is 0 Å². The molecule has 0 aromatic heterocycles. The Bertz CT molecular complexity index is 349. The van der Waals surface area contributed by atoms with Gasteiger partial charge in [-0.1, -0.05) is 11.6 Å². The fraction of sp³-hybridized carbons (Fsp3) is 0.500. The molecule has 0 aromatic carbocycles. The second-order valence-corrected chi connectivity index (χ2v) is 3.76. The standard InChI is InChI=1S/C8H12ClN3O3/c1-8(9)7(15-3)11-5(10)4(12-8)6(13)14-2/h12H,10H2,1-3H3. The summed E-state index contributed by atoms with van der Waals surface area (Å²) in [6.45, 7) is 1.59. The summed E-state index contributed by atoms with van der Waals surface area (Å²) in [5, 5.41) is 2.68. The molecule has 84 valence electrons. The number of rotatable bonds is 1. The van der Waals surface area contributed by atoms with Gasteiger partial charge in [0.05, 0.1) is 14.2 Å². The number of aliphatic imine (C=N–C) groups is 1. The first-order valence-corrected chi connectivity index (χ1v) is 4.48. The minimum absolute atomic E-state index is 0.0168. The van der Waals surface area contributed by atoms with Crippen LogP contribution in [0.1, 0.15) is 6.92 Å². The number of hydrogen-bond donors (Lipinski definition) is 2. The lowest BCUT2D eigenvalue weighted by Crippen LogP contribution is -2.50. The van der Waals surface area contributed by atoms with Crippen LogP contribution in [0.3, 0.4) is 0 Å². The van der Waals surface area contributed by atoms with E-state index in [-0.39, 0.29) is 17.4 Å². The molecule has 0 saturated carbocycles. The van der Waals surface area contributed by atoms with Crippen LogP contribution in [0.25, 0.3) is 0 Å². The van der Waals surface area contributed by atoms with E-state index in [0.717, 1.165) is 0 Å². The van der Waals surface area contributed by atoms with E-state index in [1.54, 1.807) is 6.92 Å². The minimum Gasteiger partial charge on any atom is -0.481 e. The molecule has 0 fully saturated rings. The lowest BCUT2D eigenvalue weighted by Gasteiger charge is -2.29. The van der Waals surface area contributed by atoms with Gasteiger partial charge in [0.1, 0.15) is 0 Å². The molecule has 1 rings (SSSR count). The quantitative estimate of drug-likeness (QED) is 0.375.